The molecule has 0 aromatic carbocycles. The highest BCUT2D eigenvalue weighted by Crippen LogP contribution is 2.26. The van der Waals surface area contributed by atoms with Crippen molar-refractivity contribution in [3.8, 4) is 6.07 Å². The second-order valence-electron chi connectivity index (χ2n) is 4.19. The van der Waals surface area contributed by atoms with Crippen LogP contribution in [0, 0.1) is 25.2 Å². The molecule has 94 valence electrons. The predicted octanol–water partition coefficient (Wildman–Crippen LogP) is 3.52. The molecular weight excluding hydrogens is 266 g/mol. The highest BCUT2D eigenvalue weighted by atomic mass is 35.5. The van der Waals surface area contributed by atoms with E-state index in [1.165, 1.54) is 4.88 Å². The van der Waals surface area contributed by atoms with E-state index in [2.05, 4.69) is 6.07 Å². The minimum absolute atomic E-state index is 0.565. The summed E-state index contributed by atoms with van der Waals surface area (Å²) in [6, 6.07) is 6.09. The maximum atomic E-state index is 9.07. The van der Waals surface area contributed by atoms with Gasteiger partial charge >= 0.3 is 0 Å². The molecule has 0 spiro atoms. The van der Waals surface area contributed by atoms with Crippen LogP contribution in [0.2, 0.25) is 4.34 Å². The summed E-state index contributed by atoms with van der Waals surface area (Å²) in [7, 11) is 0. The van der Waals surface area contributed by atoms with E-state index in [1.54, 1.807) is 11.3 Å². The van der Waals surface area contributed by atoms with Crippen LogP contribution in [0.25, 0.3) is 0 Å². The Morgan fingerprint density at radius 2 is 2.17 bits per heavy atom. The number of nitrogens with zero attached hydrogens (tertiary/aromatic N) is 2. The van der Waals surface area contributed by atoms with E-state index in [0.29, 0.717) is 11.4 Å². The number of halogens is 1. The van der Waals surface area contributed by atoms with Gasteiger partial charge in [-0.3, -0.25) is 0 Å². The first-order valence-corrected chi connectivity index (χ1v) is 6.83. The van der Waals surface area contributed by atoms with Crippen molar-refractivity contribution in [2.75, 3.05) is 5.73 Å². The zero-order chi connectivity index (χ0) is 13.3. The van der Waals surface area contributed by atoms with Crippen LogP contribution in [0.15, 0.2) is 12.1 Å². The SMILES string of the molecule is Cc1c(C#N)c(N)n(CCc2ccc(Cl)s2)c1C. The van der Waals surface area contributed by atoms with Gasteiger partial charge < -0.3 is 10.3 Å². The molecule has 2 rings (SSSR count). The number of hydrogen-bond donors (Lipinski definition) is 1. The third-order valence-electron chi connectivity index (χ3n) is 3.19. The Bertz CT molecular complexity index is 619. The minimum Gasteiger partial charge on any atom is -0.384 e. The summed E-state index contributed by atoms with van der Waals surface area (Å²) in [6.07, 6.45) is 0.876. The minimum atomic E-state index is 0.565. The number of thiophene rings is 1. The molecular formula is C13H14ClN3S. The molecule has 2 N–H and O–H groups in total. The second kappa shape index (κ2) is 5.05. The van der Waals surface area contributed by atoms with Crippen LogP contribution in [0.4, 0.5) is 5.82 Å². The van der Waals surface area contributed by atoms with Crippen molar-refractivity contribution in [1.82, 2.24) is 4.57 Å². The number of anilines is 1. The predicted molar refractivity (Wildman–Crippen MR) is 76.1 cm³/mol. The fourth-order valence-electron chi connectivity index (χ4n) is 2.03. The van der Waals surface area contributed by atoms with E-state index in [0.717, 1.165) is 28.6 Å². The van der Waals surface area contributed by atoms with Gasteiger partial charge in [-0.15, -0.1) is 11.3 Å². The monoisotopic (exact) mass is 279 g/mol. The lowest BCUT2D eigenvalue weighted by Crippen LogP contribution is -2.06. The summed E-state index contributed by atoms with van der Waals surface area (Å²) in [6.45, 7) is 4.70. The summed E-state index contributed by atoms with van der Waals surface area (Å²) in [5.41, 5.74) is 8.63. The van der Waals surface area contributed by atoms with Crippen LogP contribution in [0.3, 0.4) is 0 Å². The number of nitrogens with two attached hydrogens (primary N) is 1. The molecule has 2 aromatic heterocycles. The van der Waals surface area contributed by atoms with Gasteiger partial charge in [-0.25, -0.2) is 0 Å². The van der Waals surface area contributed by atoms with Crippen LogP contribution in [0.5, 0.6) is 0 Å². The molecule has 0 aliphatic heterocycles. The second-order valence-corrected chi connectivity index (χ2v) is 5.99. The standard InChI is InChI=1S/C13H14ClN3S/c1-8-9(2)17(13(16)11(8)7-15)6-5-10-3-4-12(14)18-10/h3-4H,5-6,16H2,1-2H3. The first-order chi connectivity index (χ1) is 8.54. The lowest BCUT2D eigenvalue weighted by molar-refractivity contribution is 0.694. The Kier molecular flexibility index (Phi) is 3.65. The van der Waals surface area contributed by atoms with Gasteiger partial charge in [0.05, 0.1) is 9.90 Å². The van der Waals surface area contributed by atoms with Crippen molar-refractivity contribution in [3.05, 3.63) is 38.2 Å². The van der Waals surface area contributed by atoms with Gasteiger partial charge in [0.1, 0.15) is 11.9 Å². The fraction of sp³-hybridized carbons (Fsp3) is 0.308. The summed E-state index contributed by atoms with van der Waals surface area (Å²) < 4.78 is 2.80. The molecule has 0 bridgehead atoms. The van der Waals surface area contributed by atoms with Gasteiger partial charge in [-0.05, 0) is 38.0 Å². The fourth-order valence-corrected chi connectivity index (χ4v) is 3.10. The van der Waals surface area contributed by atoms with Gasteiger partial charge in [0, 0.05) is 17.1 Å². The first-order valence-electron chi connectivity index (χ1n) is 5.64. The van der Waals surface area contributed by atoms with Crippen LogP contribution in [0.1, 0.15) is 21.7 Å². The topological polar surface area (TPSA) is 54.7 Å². The summed E-state index contributed by atoms with van der Waals surface area (Å²) in [5.74, 6) is 0.565. The number of rotatable bonds is 3. The van der Waals surface area contributed by atoms with Crippen LogP contribution in [-0.2, 0) is 13.0 Å². The molecule has 0 unspecified atom stereocenters. The third-order valence-corrected chi connectivity index (χ3v) is 4.48. The maximum Gasteiger partial charge on any atom is 0.122 e. The van der Waals surface area contributed by atoms with Crippen LogP contribution in [-0.4, -0.2) is 4.57 Å². The Balaban J connectivity index is 2.23. The molecule has 2 heterocycles. The number of aryl methyl sites for hydroxylation is 1. The largest absolute Gasteiger partial charge is 0.384 e. The van der Waals surface area contributed by atoms with Crippen LogP contribution >= 0.6 is 22.9 Å². The highest BCUT2D eigenvalue weighted by molar-refractivity contribution is 7.16. The van der Waals surface area contributed by atoms with E-state index in [4.69, 9.17) is 22.6 Å². The smallest absolute Gasteiger partial charge is 0.122 e. The molecule has 0 fully saturated rings. The van der Waals surface area contributed by atoms with Crippen molar-refractivity contribution in [2.24, 2.45) is 0 Å². The molecule has 5 heteroatoms. The third kappa shape index (κ3) is 2.24. The van der Waals surface area contributed by atoms with E-state index in [1.807, 2.05) is 30.5 Å². The molecule has 0 aliphatic rings. The molecule has 0 aliphatic carbocycles. The van der Waals surface area contributed by atoms with Crippen LogP contribution < -0.4 is 5.73 Å². The number of hydrogen-bond acceptors (Lipinski definition) is 3. The van der Waals surface area contributed by atoms with Gasteiger partial charge in [0.15, 0.2) is 0 Å². The lowest BCUT2D eigenvalue weighted by Gasteiger charge is -2.07. The normalized spacial score (nSPS) is 10.6. The average molecular weight is 280 g/mol. The lowest BCUT2D eigenvalue weighted by atomic mass is 10.2. The molecule has 18 heavy (non-hydrogen) atoms. The van der Waals surface area contributed by atoms with Gasteiger partial charge in [-0.2, -0.15) is 5.26 Å². The summed E-state index contributed by atoms with van der Waals surface area (Å²) >= 11 is 7.48. The zero-order valence-electron chi connectivity index (χ0n) is 10.3. The molecule has 0 atom stereocenters. The summed E-state index contributed by atoms with van der Waals surface area (Å²) in [5, 5.41) is 9.07. The van der Waals surface area contributed by atoms with Gasteiger partial charge in [0.25, 0.3) is 0 Å². The average Bonchev–Trinajstić information content (AvgIpc) is 2.83. The molecule has 3 nitrogen and oxygen atoms in total. The van der Waals surface area contributed by atoms with Crippen molar-refractivity contribution in [3.63, 3.8) is 0 Å². The van der Waals surface area contributed by atoms with Crippen molar-refractivity contribution in [2.45, 2.75) is 26.8 Å². The Hall–Kier alpha value is -1.44. The molecule has 2 aromatic rings. The molecule has 0 saturated carbocycles. The van der Waals surface area contributed by atoms with Gasteiger partial charge in [-0.1, -0.05) is 11.6 Å². The van der Waals surface area contributed by atoms with E-state index >= 15 is 0 Å². The van der Waals surface area contributed by atoms with Crippen molar-refractivity contribution in [1.29, 1.82) is 5.26 Å². The zero-order valence-corrected chi connectivity index (χ0v) is 11.9. The molecule has 0 saturated heterocycles. The van der Waals surface area contributed by atoms with Crippen molar-refractivity contribution >= 4 is 28.8 Å². The maximum absolute atomic E-state index is 9.07. The Morgan fingerprint density at radius 3 is 2.67 bits per heavy atom. The van der Waals surface area contributed by atoms with Crippen molar-refractivity contribution < 1.29 is 0 Å². The number of aromatic nitrogens is 1. The van der Waals surface area contributed by atoms with Gasteiger partial charge in [0.2, 0.25) is 0 Å². The molecule has 0 amide bonds. The first kappa shape index (κ1) is 13.0. The highest BCUT2D eigenvalue weighted by Gasteiger charge is 2.14. The quantitative estimate of drug-likeness (QED) is 0.935. The Morgan fingerprint density at radius 1 is 1.44 bits per heavy atom. The van der Waals surface area contributed by atoms with E-state index in [-0.39, 0.29) is 0 Å². The van der Waals surface area contributed by atoms with E-state index in [9.17, 15) is 0 Å². The molecule has 0 radical (unpaired) electrons. The number of nitriles is 1. The van der Waals surface area contributed by atoms with E-state index < -0.39 is 0 Å². The Labute approximate surface area is 115 Å². The number of nitrogen functional groups attached to an aromatic ring is 1. The summed E-state index contributed by atoms with van der Waals surface area (Å²) in [4.78, 5) is 1.23.